The van der Waals surface area contributed by atoms with Crippen LogP contribution >= 0.6 is 22.7 Å². The van der Waals surface area contributed by atoms with Crippen LogP contribution in [0.4, 0.5) is 22.7 Å². The first-order valence-electron chi connectivity index (χ1n) is 15.4. The minimum Gasteiger partial charge on any atom is -0.759 e. The molecule has 0 aliphatic carbocycles. The minimum atomic E-state index is -5.17. The van der Waals surface area contributed by atoms with E-state index < -0.39 is 20.2 Å². The van der Waals surface area contributed by atoms with E-state index in [-0.39, 0.29) is 11.4 Å². The fourth-order valence-electron chi connectivity index (χ4n) is 4.57. The lowest BCUT2D eigenvalue weighted by atomic mass is 10.3. The van der Waals surface area contributed by atoms with E-state index in [2.05, 4.69) is 20.0 Å². The summed E-state index contributed by atoms with van der Waals surface area (Å²) in [6.45, 7) is 0. The quantitative estimate of drug-likeness (QED) is 0.0523. The molecule has 6 rings (SSSR count). The molecular formula is C32H32N10O10S3. The van der Waals surface area contributed by atoms with Crippen LogP contribution in [-0.2, 0) is 24.5 Å². The summed E-state index contributed by atoms with van der Waals surface area (Å²) < 4.78 is 50.6. The smallest absolute Gasteiger partial charge is 0.403 e. The molecule has 4 aromatic carbocycles. The molecule has 0 saturated heterocycles. The van der Waals surface area contributed by atoms with E-state index in [1.54, 1.807) is 62.6 Å². The van der Waals surface area contributed by atoms with Crippen LogP contribution in [0, 0.1) is 20.2 Å². The fourth-order valence-corrected chi connectivity index (χ4v) is 6.56. The van der Waals surface area contributed by atoms with Crippen LogP contribution in [-0.4, -0.2) is 74.4 Å². The number of nitro benzene ring substituents is 2. The molecular weight excluding hydrogens is 781 g/mol. The molecule has 0 saturated carbocycles. The van der Waals surface area contributed by atoms with Crippen LogP contribution in [0.3, 0.4) is 0 Å². The molecule has 0 aliphatic rings. The molecule has 2 heterocycles. The SMILES string of the molecule is COc1ccc2c(c1)sc(=[N+]=NN(C)c1ccc([N+](=O)[O-])cc1)n2C.COc1ccc2c(c1)sc(=[N+]=NN(C)c1ccc([N+](=O)[O-])cc1)n2C.O=S(=O)([O-])[O-]. The van der Waals surface area contributed by atoms with Gasteiger partial charge in [0.15, 0.2) is 0 Å². The van der Waals surface area contributed by atoms with Gasteiger partial charge in [-0.25, -0.2) is 9.13 Å². The van der Waals surface area contributed by atoms with Gasteiger partial charge in [-0.1, -0.05) is 0 Å². The number of aryl methyl sites for hydroxylation is 2. The molecule has 0 amide bonds. The van der Waals surface area contributed by atoms with Crippen LogP contribution in [0.25, 0.3) is 20.4 Å². The van der Waals surface area contributed by atoms with Crippen molar-refractivity contribution in [1.29, 1.82) is 0 Å². The minimum absolute atomic E-state index is 0.0407. The monoisotopic (exact) mass is 812 g/mol. The largest absolute Gasteiger partial charge is 0.759 e. The Hall–Kier alpha value is -6.45. The zero-order valence-electron chi connectivity index (χ0n) is 29.9. The van der Waals surface area contributed by atoms with Gasteiger partial charge in [0, 0.05) is 46.8 Å². The van der Waals surface area contributed by atoms with Gasteiger partial charge in [-0.2, -0.15) is 10.0 Å². The van der Waals surface area contributed by atoms with Crippen molar-refractivity contribution in [2.24, 2.45) is 24.5 Å². The van der Waals surface area contributed by atoms with Crippen molar-refractivity contribution in [3.8, 4) is 11.5 Å². The number of thiazole rings is 2. The van der Waals surface area contributed by atoms with Gasteiger partial charge in [0.25, 0.3) is 11.4 Å². The van der Waals surface area contributed by atoms with Crippen LogP contribution in [0.5, 0.6) is 11.5 Å². The standard InChI is InChI=1S/2C16H16N5O3S.H2O4S/c2*1-19-14-9-8-13(24-3)10-15(14)25-16(19)17-18-20(2)11-4-6-12(7-5-11)21(22)23;1-5(2,3)4/h2*4-10H,1-3H3;(H2,1,2,3,4)/q2*+1;/p-2. The Morgan fingerprint density at radius 1 is 0.655 bits per heavy atom. The van der Waals surface area contributed by atoms with Gasteiger partial charge >= 0.3 is 9.60 Å². The number of ether oxygens (including phenoxy) is 2. The number of hydrogen-bond donors (Lipinski definition) is 0. The molecule has 0 spiro atoms. The second kappa shape index (κ2) is 18.1. The number of fused-ring (bicyclic) bond motifs is 2. The van der Waals surface area contributed by atoms with Gasteiger partial charge in [0.1, 0.15) is 44.4 Å². The Balaban J connectivity index is 0.000000218. The summed E-state index contributed by atoms with van der Waals surface area (Å²) >= 11 is 3.01. The summed E-state index contributed by atoms with van der Waals surface area (Å²) in [5, 5.41) is 32.9. The number of aromatic nitrogens is 2. The van der Waals surface area contributed by atoms with Crippen molar-refractivity contribution < 1.29 is 46.4 Å². The van der Waals surface area contributed by atoms with Crippen molar-refractivity contribution in [3.63, 3.8) is 0 Å². The summed E-state index contributed by atoms with van der Waals surface area (Å²) in [6.07, 6.45) is 0. The molecule has 20 nitrogen and oxygen atoms in total. The van der Waals surface area contributed by atoms with Gasteiger partial charge in [-0.3, -0.25) is 28.6 Å². The molecule has 0 unspecified atom stereocenters. The maximum Gasteiger partial charge on any atom is 0.403 e. The third-order valence-electron chi connectivity index (χ3n) is 7.43. The van der Waals surface area contributed by atoms with Gasteiger partial charge in [0.05, 0.1) is 61.7 Å². The molecule has 0 aliphatic heterocycles. The van der Waals surface area contributed by atoms with Crippen molar-refractivity contribution in [2.75, 3.05) is 38.3 Å². The molecule has 288 valence electrons. The Morgan fingerprint density at radius 2 is 0.982 bits per heavy atom. The van der Waals surface area contributed by atoms with E-state index in [0.29, 0.717) is 11.4 Å². The highest BCUT2D eigenvalue weighted by Gasteiger charge is 2.13. The van der Waals surface area contributed by atoms with E-state index >= 15 is 0 Å². The number of nitro groups is 2. The Bertz CT molecular complexity index is 2480. The lowest BCUT2D eigenvalue weighted by Gasteiger charge is -2.06. The fraction of sp³-hybridized carbons (Fsp3) is 0.188. The summed E-state index contributed by atoms with van der Waals surface area (Å²) in [6, 6.07) is 23.9. The van der Waals surface area contributed by atoms with Crippen molar-refractivity contribution in [2.45, 2.75) is 0 Å². The highest BCUT2D eigenvalue weighted by atomic mass is 32.3. The number of rotatable bonds is 8. The molecule has 0 N–H and O–H groups in total. The van der Waals surface area contributed by atoms with Crippen LogP contribution in [0.2, 0.25) is 0 Å². The summed E-state index contributed by atoms with van der Waals surface area (Å²) in [4.78, 5) is 30.6. The second-order valence-corrected chi connectivity index (χ2v) is 13.8. The first kappa shape index (κ1) is 41.3. The molecule has 0 radical (unpaired) electrons. The zero-order valence-corrected chi connectivity index (χ0v) is 32.3. The second-order valence-electron chi connectivity index (χ2n) is 10.9. The van der Waals surface area contributed by atoms with Crippen molar-refractivity contribution in [3.05, 3.63) is 115 Å². The third-order valence-corrected chi connectivity index (χ3v) is 9.60. The maximum atomic E-state index is 10.7. The lowest BCUT2D eigenvalue weighted by molar-refractivity contribution is -0.385. The van der Waals surface area contributed by atoms with E-state index in [1.165, 1.54) is 46.9 Å². The van der Waals surface area contributed by atoms with Crippen LogP contribution in [0.1, 0.15) is 0 Å². The molecule has 55 heavy (non-hydrogen) atoms. The van der Waals surface area contributed by atoms with Gasteiger partial charge in [-0.15, -0.1) is 9.58 Å². The van der Waals surface area contributed by atoms with Crippen LogP contribution in [0.15, 0.2) is 95.4 Å². The zero-order chi connectivity index (χ0) is 40.4. The molecule has 23 heteroatoms. The van der Waals surface area contributed by atoms with E-state index in [4.69, 9.17) is 27.0 Å². The number of nitrogens with zero attached hydrogens (tertiary/aromatic N) is 10. The summed E-state index contributed by atoms with van der Waals surface area (Å²) in [5.41, 5.74) is 3.58. The van der Waals surface area contributed by atoms with E-state index in [9.17, 15) is 20.2 Å². The average Bonchev–Trinajstić information content (AvgIpc) is 3.65. The maximum absolute atomic E-state index is 10.7. The molecule has 2 aromatic heterocycles. The van der Waals surface area contributed by atoms with Gasteiger partial charge in [0.2, 0.25) is 0 Å². The van der Waals surface area contributed by atoms with Gasteiger partial charge < -0.3 is 18.6 Å². The number of hydrogen-bond acceptors (Lipinski definition) is 14. The van der Waals surface area contributed by atoms with E-state index in [1.807, 2.05) is 59.6 Å². The first-order chi connectivity index (χ1) is 26.0. The third kappa shape index (κ3) is 11.3. The van der Waals surface area contributed by atoms with E-state index in [0.717, 1.165) is 41.5 Å². The Morgan fingerprint density at radius 3 is 1.27 bits per heavy atom. The van der Waals surface area contributed by atoms with Crippen molar-refractivity contribution in [1.82, 2.24) is 9.13 Å². The first-order valence-corrected chi connectivity index (χ1v) is 18.3. The Labute approximate surface area is 320 Å². The molecule has 0 fully saturated rings. The predicted octanol–water partition coefficient (Wildman–Crippen LogP) is 4.20. The molecule has 0 atom stereocenters. The number of non-ortho nitro benzene ring substituents is 2. The summed E-state index contributed by atoms with van der Waals surface area (Å²) in [7, 11) is 5.42. The van der Waals surface area contributed by atoms with Crippen LogP contribution < -0.4 is 29.1 Å². The topological polar surface area (TPSA) is 254 Å². The number of benzene rings is 4. The molecule has 6 aromatic rings. The highest BCUT2D eigenvalue weighted by Crippen LogP contribution is 2.24. The normalized spacial score (nSPS) is 10.5. The molecule has 0 bridgehead atoms. The Kier molecular flexibility index (Phi) is 13.6. The lowest BCUT2D eigenvalue weighted by Crippen LogP contribution is -2.14. The average molecular weight is 813 g/mol. The van der Waals surface area contributed by atoms with Crippen molar-refractivity contribution >= 4 is 76.3 Å². The summed E-state index contributed by atoms with van der Waals surface area (Å²) in [5.74, 6) is 1.58. The number of methoxy groups -OCH3 is 2. The van der Waals surface area contributed by atoms with Gasteiger partial charge in [-0.05, 0) is 71.2 Å². The predicted molar refractivity (Wildman–Crippen MR) is 200 cm³/mol. The number of anilines is 2. The highest BCUT2D eigenvalue weighted by molar-refractivity contribution is 7.79.